The van der Waals surface area contributed by atoms with Crippen LogP contribution in [0.1, 0.15) is 0 Å². The van der Waals surface area contributed by atoms with Gasteiger partial charge < -0.3 is 4.74 Å². The van der Waals surface area contributed by atoms with Crippen molar-refractivity contribution >= 4 is 5.97 Å². The van der Waals surface area contributed by atoms with Crippen molar-refractivity contribution in [2.24, 2.45) is 0 Å². The fraction of sp³-hybridized carbons (Fsp3) is 0.667. The molecule has 0 radical (unpaired) electrons. The second-order valence-corrected chi connectivity index (χ2v) is 3.38. The second-order valence-electron chi connectivity index (χ2n) is 3.38. The first-order chi connectivity index (χ1) is 8.89. The summed E-state index contributed by atoms with van der Waals surface area (Å²) in [6.07, 6.45) is -17.6. The maximum absolute atomic E-state index is 12.9. The van der Waals surface area contributed by atoms with Crippen molar-refractivity contribution in [2.45, 2.75) is 37.0 Å². The average molecular weight is 318 g/mol. The number of carbonyl (C=O) groups is 1. The topological polar surface area (TPSA) is 26.3 Å². The van der Waals surface area contributed by atoms with Crippen LogP contribution in [0.15, 0.2) is 12.7 Å². The van der Waals surface area contributed by atoms with Crippen LogP contribution in [0, 0.1) is 0 Å². The first-order valence-electron chi connectivity index (χ1n) is 4.68. The van der Waals surface area contributed by atoms with Gasteiger partial charge in [0, 0.05) is 6.08 Å². The van der Waals surface area contributed by atoms with Gasteiger partial charge in [0.05, 0.1) is 0 Å². The molecule has 20 heavy (non-hydrogen) atoms. The van der Waals surface area contributed by atoms with E-state index in [4.69, 9.17) is 0 Å². The molecular formula is C9H7F9O2. The molecule has 0 saturated heterocycles. The molecule has 0 aromatic heterocycles. The minimum Gasteiger partial charge on any atom is -0.421 e. The Morgan fingerprint density at radius 3 is 1.80 bits per heavy atom. The highest BCUT2D eigenvalue weighted by atomic mass is 19.3. The van der Waals surface area contributed by atoms with Crippen LogP contribution in [-0.4, -0.2) is 42.9 Å². The Balaban J connectivity index is 5.23. The maximum Gasteiger partial charge on any atom is 0.378 e. The predicted octanol–water partition coefficient (Wildman–Crippen LogP) is 3.22. The molecule has 0 aromatic carbocycles. The highest BCUT2D eigenvalue weighted by Crippen LogP contribution is 2.44. The van der Waals surface area contributed by atoms with E-state index < -0.39 is 42.9 Å². The molecule has 0 aromatic rings. The van der Waals surface area contributed by atoms with Gasteiger partial charge in [-0.25, -0.2) is 22.4 Å². The summed E-state index contributed by atoms with van der Waals surface area (Å²) in [5.74, 6) is -14.1. The van der Waals surface area contributed by atoms with Crippen molar-refractivity contribution in [1.29, 1.82) is 0 Å². The van der Waals surface area contributed by atoms with Crippen molar-refractivity contribution in [3.05, 3.63) is 12.7 Å². The van der Waals surface area contributed by atoms with Gasteiger partial charge in [0.2, 0.25) is 6.17 Å². The summed E-state index contributed by atoms with van der Waals surface area (Å²) >= 11 is 0. The molecule has 0 N–H and O–H groups in total. The third-order valence-electron chi connectivity index (χ3n) is 1.98. The first kappa shape index (κ1) is 18.6. The molecule has 11 heteroatoms. The summed E-state index contributed by atoms with van der Waals surface area (Å²) < 4.78 is 116. The lowest BCUT2D eigenvalue weighted by Crippen LogP contribution is -2.57. The van der Waals surface area contributed by atoms with Crippen molar-refractivity contribution in [2.75, 3.05) is 0 Å². The lowest BCUT2D eigenvalue weighted by Gasteiger charge is -2.31. The van der Waals surface area contributed by atoms with E-state index in [-0.39, 0.29) is 6.08 Å². The minimum atomic E-state index is -6.18. The Morgan fingerprint density at radius 2 is 1.45 bits per heavy atom. The first-order valence-corrected chi connectivity index (χ1v) is 4.68. The van der Waals surface area contributed by atoms with Gasteiger partial charge >= 0.3 is 24.2 Å². The molecule has 2 nitrogen and oxygen atoms in total. The van der Waals surface area contributed by atoms with Gasteiger partial charge in [-0.15, -0.1) is 0 Å². The number of esters is 1. The summed E-state index contributed by atoms with van der Waals surface area (Å²) in [5.41, 5.74) is 0. The normalized spacial score (nSPS) is 17.5. The lowest BCUT2D eigenvalue weighted by molar-refractivity contribution is -0.311. The van der Waals surface area contributed by atoms with Crippen LogP contribution in [0.25, 0.3) is 0 Å². The summed E-state index contributed by atoms with van der Waals surface area (Å²) in [4.78, 5) is 10.4. The molecule has 0 rings (SSSR count). The van der Waals surface area contributed by atoms with Crippen LogP contribution in [0.5, 0.6) is 0 Å². The number of rotatable bonds is 7. The Morgan fingerprint density at radius 1 is 1.00 bits per heavy atom. The maximum atomic E-state index is 12.9. The van der Waals surface area contributed by atoms with E-state index in [1.54, 1.807) is 0 Å². The summed E-state index contributed by atoms with van der Waals surface area (Å²) in [5, 5.41) is 0. The van der Waals surface area contributed by atoms with E-state index in [1.165, 1.54) is 0 Å². The van der Waals surface area contributed by atoms with E-state index in [9.17, 15) is 44.3 Å². The molecule has 0 aliphatic heterocycles. The molecule has 0 spiro atoms. The Kier molecular flexibility index (Phi) is 5.90. The SMILES string of the molecule is C=CC(=O)OC(F)C(F)(F)C(F)(F)C(F)C(F)C(F)F. The van der Waals surface area contributed by atoms with Crippen LogP contribution in [0.2, 0.25) is 0 Å². The molecule has 3 atom stereocenters. The molecule has 0 aliphatic carbocycles. The summed E-state index contributed by atoms with van der Waals surface area (Å²) in [6.45, 7) is 2.64. The molecule has 0 amide bonds. The Bertz CT molecular complexity index is 357. The van der Waals surface area contributed by atoms with E-state index in [2.05, 4.69) is 11.3 Å². The van der Waals surface area contributed by atoms with Crippen LogP contribution in [0.3, 0.4) is 0 Å². The number of alkyl halides is 9. The van der Waals surface area contributed by atoms with Gasteiger partial charge in [-0.1, -0.05) is 6.58 Å². The van der Waals surface area contributed by atoms with Crippen molar-refractivity contribution < 1.29 is 49.0 Å². The highest BCUT2D eigenvalue weighted by Gasteiger charge is 2.70. The molecule has 0 bridgehead atoms. The molecule has 0 saturated carbocycles. The van der Waals surface area contributed by atoms with E-state index in [0.29, 0.717) is 0 Å². The van der Waals surface area contributed by atoms with E-state index in [0.717, 1.165) is 0 Å². The number of ether oxygens (including phenoxy) is 1. The number of hydrogen-bond donors (Lipinski definition) is 0. The molecule has 0 heterocycles. The van der Waals surface area contributed by atoms with E-state index in [1.807, 2.05) is 0 Å². The monoisotopic (exact) mass is 318 g/mol. The third-order valence-corrected chi connectivity index (χ3v) is 1.98. The minimum absolute atomic E-state index is 0.130. The fourth-order valence-electron chi connectivity index (χ4n) is 0.887. The summed E-state index contributed by atoms with van der Waals surface area (Å²) in [6, 6.07) is 0. The van der Waals surface area contributed by atoms with Crippen LogP contribution >= 0.6 is 0 Å². The lowest BCUT2D eigenvalue weighted by atomic mass is 10.0. The van der Waals surface area contributed by atoms with Gasteiger partial charge in [-0.2, -0.15) is 22.0 Å². The molecule has 118 valence electrons. The zero-order valence-corrected chi connectivity index (χ0v) is 9.31. The van der Waals surface area contributed by atoms with E-state index >= 15 is 0 Å². The standard InChI is InChI=1S/C9H7F9O2/c1-2-3(19)20-7(14)9(17,18)8(15,16)5(11)4(10)6(12)13/h2,4-7H,1H2. The Hall–Kier alpha value is -1.42. The van der Waals surface area contributed by atoms with Crippen molar-refractivity contribution in [1.82, 2.24) is 0 Å². The van der Waals surface area contributed by atoms with Crippen LogP contribution < -0.4 is 0 Å². The molecule has 3 unspecified atom stereocenters. The quantitative estimate of drug-likeness (QED) is 0.409. The zero-order chi connectivity index (χ0) is 16.3. The van der Waals surface area contributed by atoms with Gasteiger partial charge in [0.1, 0.15) is 0 Å². The zero-order valence-electron chi connectivity index (χ0n) is 9.31. The average Bonchev–Trinajstić information content (AvgIpc) is 2.35. The second kappa shape index (κ2) is 6.35. The number of carbonyl (C=O) groups excluding carboxylic acids is 1. The molecule has 0 fully saturated rings. The van der Waals surface area contributed by atoms with Crippen LogP contribution in [0.4, 0.5) is 39.5 Å². The van der Waals surface area contributed by atoms with Gasteiger partial charge in [-0.3, -0.25) is 0 Å². The number of hydrogen-bond acceptors (Lipinski definition) is 2. The summed E-state index contributed by atoms with van der Waals surface area (Å²) in [7, 11) is 0. The van der Waals surface area contributed by atoms with Gasteiger partial charge in [0.25, 0.3) is 6.43 Å². The Labute approximate surface area is 106 Å². The number of halogens is 9. The smallest absolute Gasteiger partial charge is 0.378 e. The van der Waals surface area contributed by atoms with Crippen molar-refractivity contribution in [3.63, 3.8) is 0 Å². The van der Waals surface area contributed by atoms with Crippen LogP contribution in [-0.2, 0) is 9.53 Å². The van der Waals surface area contributed by atoms with Crippen molar-refractivity contribution in [3.8, 4) is 0 Å². The predicted molar refractivity (Wildman–Crippen MR) is 46.9 cm³/mol. The molecule has 0 aliphatic rings. The fourth-order valence-corrected chi connectivity index (χ4v) is 0.887. The van der Waals surface area contributed by atoms with Gasteiger partial charge in [0.15, 0.2) is 6.17 Å². The molecular weight excluding hydrogens is 311 g/mol. The largest absolute Gasteiger partial charge is 0.421 e. The highest BCUT2D eigenvalue weighted by molar-refractivity contribution is 5.81. The third kappa shape index (κ3) is 3.57. The van der Waals surface area contributed by atoms with Gasteiger partial charge in [-0.05, 0) is 0 Å².